The highest BCUT2D eigenvalue weighted by molar-refractivity contribution is 5.36. The molecule has 0 aliphatic carbocycles. The molecule has 0 bridgehead atoms. The molecule has 0 aliphatic heterocycles. The van der Waals surface area contributed by atoms with E-state index in [0.717, 1.165) is 12.0 Å². The smallest absolute Gasteiger partial charge is 0.119 e. The number of rotatable bonds is 1. The van der Waals surface area contributed by atoms with E-state index in [0.29, 0.717) is 0 Å². The second-order valence-corrected chi connectivity index (χ2v) is 4.60. The Hall–Kier alpha value is -1.18. The van der Waals surface area contributed by atoms with E-state index in [1.54, 1.807) is 12.1 Å². The van der Waals surface area contributed by atoms with Gasteiger partial charge in [-0.25, -0.2) is 0 Å². The van der Waals surface area contributed by atoms with Crippen molar-refractivity contribution in [3.8, 4) is 11.5 Å². The summed E-state index contributed by atoms with van der Waals surface area (Å²) < 4.78 is 0. The minimum atomic E-state index is 0.124. The van der Waals surface area contributed by atoms with Gasteiger partial charge in [-0.05, 0) is 29.5 Å². The van der Waals surface area contributed by atoms with E-state index in [1.807, 2.05) is 0 Å². The lowest BCUT2D eigenvalue weighted by atomic mass is 9.88. The van der Waals surface area contributed by atoms with Crippen molar-refractivity contribution in [3.05, 3.63) is 23.8 Å². The molecule has 1 rings (SSSR count). The third-order valence-corrected chi connectivity index (χ3v) is 1.70. The van der Waals surface area contributed by atoms with Crippen LogP contribution in [0.15, 0.2) is 18.2 Å². The first kappa shape index (κ1) is 9.90. The van der Waals surface area contributed by atoms with E-state index in [-0.39, 0.29) is 16.9 Å². The zero-order valence-electron chi connectivity index (χ0n) is 8.33. The Labute approximate surface area is 78.8 Å². The highest BCUT2D eigenvalue weighted by atomic mass is 16.3. The van der Waals surface area contributed by atoms with E-state index in [1.165, 1.54) is 6.07 Å². The second kappa shape index (κ2) is 3.29. The second-order valence-electron chi connectivity index (χ2n) is 4.60. The van der Waals surface area contributed by atoms with Crippen LogP contribution < -0.4 is 0 Å². The molecule has 0 unspecified atom stereocenters. The van der Waals surface area contributed by atoms with Gasteiger partial charge in [-0.1, -0.05) is 20.8 Å². The third-order valence-electron chi connectivity index (χ3n) is 1.70. The maximum Gasteiger partial charge on any atom is 0.119 e. The number of hydrogen-bond donors (Lipinski definition) is 2. The van der Waals surface area contributed by atoms with Gasteiger partial charge in [0.2, 0.25) is 0 Å². The van der Waals surface area contributed by atoms with Crippen LogP contribution in [-0.4, -0.2) is 10.2 Å². The fraction of sp³-hybridized carbons (Fsp3) is 0.455. The predicted molar refractivity (Wildman–Crippen MR) is 52.9 cm³/mol. The van der Waals surface area contributed by atoms with Crippen molar-refractivity contribution in [3.63, 3.8) is 0 Å². The largest absolute Gasteiger partial charge is 0.508 e. The molecule has 1 aromatic rings. The Morgan fingerprint density at radius 3 is 1.85 bits per heavy atom. The third kappa shape index (κ3) is 3.36. The summed E-state index contributed by atoms with van der Waals surface area (Å²) in [6.45, 7) is 6.36. The molecule has 2 N–H and O–H groups in total. The van der Waals surface area contributed by atoms with Gasteiger partial charge >= 0.3 is 0 Å². The summed E-state index contributed by atoms with van der Waals surface area (Å²) in [4.78, 5) is 0. The van der Waals surface area contributed by atoms with E-state index in [4.69, 9.17) is 0 Å². The predicted octanol–water partition coefficient (Wildman–Crippen LogP) is 2.69. The van der Waals surface area contributed by atoms with Gasteiger partial charge in [-0.3, -0.25) is 0 Å². The maximum atomic E-state index is 9.23. The van der Waals surface area contributed by atoms with Crippen molar-refractivity contribution in [1.29, 1.82) is 0 Å². The van der Waals surface area contributed by atoms with Gasteiger partial charge in [0, 0.05) is 6.07 Å². The summed E-state index contributed by atoms with van der Waals surface area (Å²) >= 11 is 0. The van der Waals surface area contributed by atoms with Crippen LogP contribution in [0.5, 0.6) is 11.5 Å². The summed E-state index contributed by atoms with van der Waals surface area (Å²) in [6.07, 6.45) is 0.842. The summed E-state index contributed by atoms with van der Waals surface area (Å²) in [5.74, 6) is 0.249. The average Bonchev–Trinajstić information content (AvgIpc) is 1.78. The monoisotopic (exact) mass is 180 g/mol. The Bertz CT molecular complexity index is 277. The van der Waals surface area contributed by atoms with Crippen molar-refractivity contribution in [2.75, 3.05) is 0 Å². The van der Waals surface area contributed by atoms with Gasteiger partial charge in [0.25, 0.3) is 0 Å². The topological polar surface area (TPSA) is 40.5 Å². The lowest BCUT2D eigenvalue weighted by Crippen LogP contribution is -2.08. The van der Waals surface area contributed by atoms with Gasteiger partial charge in [-0.15, -0.1) is 0 Å². The zero-order chi connectivity index (χ0) is 10.1. The Kier molecular flexibility index (Phi) is 2.50. The van der Waals surface area contributed by atoms with Crippen LogP contribution >= 0.6 is 0 Å². The van der Waals surface area contributed by atoms with E-state index in [2.05, 4.69) is 20.8 Å². The minimum Gasteiger partial charge on any atom is -0.508 e. The minimum absolute atomic E-state index is 0.124. The summed E-state index contributed by atoms with van der Waals surface area (Å²) in [5.41, 5.74) is 1.13. The molecule has 0 aromatic heterocycles. The summed E-state index contributed by atoms with van der Waals surface area (Å²) in [6, 6.07) is 4.71. The van der Waals surface area contributed by atoms with Crippen LogP contribution in [0.4, 0.5) is 0 Å². The van der Waals surface area contributed by atoms with Crippen LogP contribution in [0.3, 0.4) is 0 Å². The number of hydrogen-bond acceptors (Lipinski definition) is 2. The van der Waals surface area contributed by atoms with Crippen molar-refractivity contribution >= 4 is 0 Å². The van der Waals surface area contributed by atoms with E-state index >= 15 is 0 Å². The molecule has 2 heteroatoms. The number of benzene rings is 1. The van der Waals surface area contributed by atoms with Gasteiger partial charge in [-0.2, -0.15) is 0 Å². The molecule has 0 atom stereocenters. The SMILES string of the molecule is CC(C)(C)Cc1cc(O)cc(O)c1. The van der Waals surface area contributed by atoms with Crippen molar-refractivity contribution in [1.82, 2.24) is 0 Å². The highest BCUT2D eigenvalue weighted by Crippen LogP contribution is 2.26. The highest BCUT2D eigenvalue weighted by Gasteiger charge is 2.12. The van der Waals surface area contributed by atoms with Gasteiger partial charge < -0.3 is 10.2 Å². The first-order valence-electron chi connectivity index (χ1n) is 4.39. The van der Waals surface area contributed by atoms with Gasteiger partial charge in [0.05, 0.1) is 0 Å². The van der Waals surface area contributed by atoms with Gasteiger partial charge in [0.1, 0.15) is 11.5 Å². The molecule has 0 spiro atoms. The molecule has 1 aromatic carbocycles. The van der Waals surface area contributed by atoms with Crippen LogP contribution in [0.25, 0.3) is 0 Å². The maximum absolute atomic E-state index is 9.23. The number of phenols is 2. The average molecular weight is 180 g/mol. The molecular weight excluding hydrogens is 164 g/mol. The quantitative estimate of drug-likeness (QED) is 0.697. The van der Waals surface area contributed by atoms with Gasteiger partial charge in [0.15, 0.2) is 0 Å². The molecule has 0 saturated carbocycles. The zero-order valence-corrected chi connectivity index (χ0v) is 8.33. The van der Waals surface area contributed by atoms with Crippen LogP contribution in [0.2, 0.25) is 0 Å². The molecule has 0 radical (unpaired) electrons. The molecule has 0 saturated heterocycles. The number of aromatic hydroxyl groups is 2. The molecular formula is C11H16O2. The summed E-state index contributed by atoms with van der Waals surface area (Å²) in [7, 11) is 0. The fourth-order valence-electron chi connectivity index (χ4n) is 1.37. The molecule has 0 heterocycles. The lowest BCUT2D eigenvalue weighted by Gasteiger charge is -2.18. The summed E-state index contributed by atoms with van der Waals surface area (Å²) in [5, 5.41) is 18.5. The van der Waals surface area contributed by atoms with Crippen LogP contribution in [0, 0.1) is 5.41 Å². The number of phenolic OH excluding ortho intramolecular Hbond substituents is 2. The van der Waals surface area contributed by atoms with Crippen molar-refractivity contribution < 1.29 is 10.2 Å². The van der Waals surface area contributed by atoms with E-state index in [9.17, 15) is 10.2 Å². The van der Waals surface area contributed by atoms with Crippen molar-refractivity contribution in [2.24, 2.45) is 5.41 Å². The molecule has 0 fully saturated rings. The molecule has 0 aliphatic rings. The molecule has 0 amide bonds. The molecule has 2 nitrogen and oxygen atoms in total. The van der Waals surface area contributed by atoms with Crippen molar-refractivity contribution in [2.45, 2.75) is 27.2 Å². The lowest BCUT2D eigenvalue weighted by molar-refractivity contribution is 0.406. The first-order valence-corrected chi connectivity index (χ1v) is 4.39. The van der Waals surface area contributed by atoms with Crippen LogP contribution in [-0.2, 0) is 6.42 Å². The Morgan fingerprint density at radius 1 is 1.00 bits per heavy atom. The molecule has 72 valence electrons. The Morgan fingerprint density at radius 2 is 1.46 bits per heavy atom. The van der Waals surface area contributed by atoms with Crippen LogP contribution in [0.1, 0.15) is 26.3 Å². The first-order chi connectivity index (χ1) is 5.87. The normalized spacial score (nSPS) is 11.6. The fourth-order valence-corrected chi connectivity index (χ4v) is 1.37. The standard InChI is InChI=1S/C11H16O2/c1-11(2,3)7-8-4-9(12)6-10(13)5-8/h4-6,12-13H,7H2,1-3H3. The van der Waals surface area contributed by atoms with E-state index < -0.39 is 0 Å². The Balaban J connectivity index is 2.90. The molecule has 13 heavy (non-hydrogen) atoms.